The molecule has 0 saturated heterocycles. The lowest BCUT2D eigenvalue weighted by molar-refractivity contribution is -0.163. The Balaban J connectivity index is 1.54. The van der Waals surface area contributed by atoms with Gasteiger partial charge in [-0.2, -0.15) is 5.26 Å². The summed E-state index contributed by atoms with van der Waals surface area (Å²) in [5, 5.41) is 10.2. The van der Waals surface area contributed by atoms with Crippen molar-refractivity contribution in [2.24, 2.45) is 0 Å². The topological polar surface area (TPSA) is 77.8 Å². The van der Waals surface area contributed by atoms with Gasteiger partial charge in [0.2, 0.25) is 0 Å². The van der Waals surface area contributed by atoms with Gasteiger partial charge in [0.05, 0.1) is 32.5 Å². The van der Waals surface area contributed by atoms with Gasteiger partial charge in [-0.3, -0.25) is 4.79 Å². The number of Topliss-reactive ketones (excluding diaryl/α,β-unsaturated/α-hetero) is 1. The third kappa shape index (κ3) is 9.26. The van der Waals surface area contributed by atoms with Gasteiger partial charge in [0.25, 0.3) is 0 Å². The Morgan fingerprint density at radius 2 is 0.975 bits per heavy atom. The van der Waals surface area contributed by atoms with Gasteiger partial charge in [-0.05, 0) is 22.3 Å². The molecule has 0 aliphatic carbocycles. The van der Waals surface area contributed by atoms with E-state index in [-0.39, 0.29) is 38.8 Å². The SMILES string of the molecule is N#C[C@H](OCc1ccccc1)[C@@H](OCc1ccccc1)[C@H](OCc1ccccc1)C(=O)COCc1ccccc1. The van der Waals surface area contributed by atoms with Gasteiger partial charge in [0.1, 0.15) is 18.8 Å². The lowest BCUT2D eigenvalue weighted by Gasteiger charge is -2.30. The third-order valence-corrected chi connectivity index (χ3v) is 6.23. The van der Waals surface area contributed by atoms with Crippen LogP contribution in [-0.4, -0.2) is 30.7 Å². The molecule has 0 fully saturated rings. The molecular formula is C34H33NO5. The molecule has 0 N–H and O–H groups in total. The molecule has 0 unspecified atom stereocenters. The van der Waals surface area contributed by atoms with Crippen LogP contribution in [0.4, 0.5) is 0 Å². The van der Waals surface area contributed by atoms with Gasteiger partial charge in [-0.25, -0.2) is 0 Å². The van der Waals surface area contributed by atoms with Crippen LogP contribution < -0.4 is 0 Å². The Morgan fingerprint density at radius 1 is 0.575 bits per heavy atom. The average Bonchev–Trinajstić information content (AvgIpc) is 3.01. The molecule has 0 amide bonds. The highest BCUT2D eigenvalue weighted by Gasteiger charge is 2.37. The molecule has 3 atom stereocenters. The fourth-order valence-corrected chi connectivity index (χ4v) is 4.12. The van der Waals surface area contributed by atoms with E-state index in [2.05, 4.69) is 6.07 Å². The number of benzene rings is 4. The minimum absolute atomic E-state index is 0.165. The van der Waals surface area contributed by atoms with Gasteiger partial charge in [-0.15, -0.1) is 0 Å². The van der Waals surface area contributed by atoms with E-state index in [0.29, 0.717) is 0 Å². The molecule has 0 aliphatic rings. The second kappa shape index (κ2) is 16.1. The van der Waals surface area contributed by atoms with Gasteiger partial charge in [0.15, 0.2) is 11.9 Å². The number of carbonyl (C=O) groups is 1. The van der Waals surface area contributed by atoms with Crippen molar-refractivity contribution in [2.45, 2.75) is 44.7 Å². The van der Waals surface area contributed by atoms with Crippen LogP contribution >= 0.6 is 0 Å². The van der Waals surface area contributed by atoms with Crippen LogP contribution in [0.1, 0.15) is 22.3 Å². The molecule has 40 heavy (non-hydrogen) atoms. The van der Waals surface area contributed by atoms with Crippen molar-refractivity contribution in [3.8, 4) is 6.07 Å². The highest BCUT2D eigenvalue weighted by Crippen LogP contribution is 2.20. The van der Waals surface area contributed by atoms with Crippen molar-refractivity contribution in [2.75, 3.05) is 6.61 Å². The summed E-state index contributed by atoms with van der Waals surface area (Å²) < 4.78 is 24.2. The van der Waals surface area contributed by atoms with Crippen molar-refractivity contribution in [3.63, 3.8) is 0 Å². The number of rotatable bonds is 16. The Kier molecular flexibility index (Phi) is 11.6. The Labute approximate surface area is 235 Å². The van der Waals surface area contributed by atoms with Gasteiger partial charge in [0, 0.05) is 0 Å². The lowest BCUT2D eigenvalue weighted by Crippen LogP contribution is -2.47. The van der Waals surface area contributed by atoms with Crippen LogP contribution in [0.5, 0.6) is 0 Å². The first-order valence-corrected chi connectivity index (χ1v) is 13.2. The molecular weight excluding hydrogens is 502 g/mol. The summed E-state index contributed by atoms with van der Waals surface area (Å²) in [5.74, 6) is -0.325. The maximum absolute atomic E-state index is 13.6. The second-order valence-corrected chi connectivity index (χ2v) is 9.27. The number of hydrogen-bond acceptors (Lipinski definition) is 6. The van der Waals surface area contributed by atoms with Gasteiger partial charge in [-0.1, -0.05) is 121 Å². The summed E-state index contributed by atoms with van der Waals surface area (Å²) in [6.45, 7) is 0.615. The van der Waals surface area contributed by atoms with Crippen LogP contribution in [0.25, 0.3) is 0 Å². The largest absolute Gasteiger partial charge is 0.369 e. The zero-order chi connectivity index (χ0) is 27.8. The normalized spacial score (nSPS) is 13.2. The second-order valence-electron chi connectivity index (χ2n) is 9.27. The van der Waals surface area contributed by atoms with E-state index in [0.717, 1.165) is 22.3 Å². The number of nitriles is 1. The summed E-state index contributed by atoms with van der Waals surface area (Å²) in [5.41, 5.74) is 3.66. The molecule has 0 heterocycles. The maximum atomic E-state index is 13.6. The van der Waals surface area contributed by atoms with Crippen molar-refractivity contribution in [3.05, 3.63) is 144 Å². The minimum Gasteiger partial charge on any atom is -0.369 e. The molecule has 0 saturated carbocycles. The molecule has 6 nitrogen and oxygen atoms in total. The zero-order valence-corrected chi connectivity index (χ0v) is 22.3. The van der Waals surface area contributed by atoms with Gasteiger partial charge < -0.3 is 18.9 Å². The molecule has 4 aromatic carbocycles. The molecule has 6 heteroatoms. The standard InChI is InChI=1S/C34H33NO5/c35-21-32(38-23-28-15-7-2-8-16-28)34(40-25-30-19-11-4-12-20-30)33(39-24-29-17-9-3-10-18-29)31(36)26-37-22-27-13-5-1-6-14-27/h1-20,32-34H,22-26H2/t32-,33+,34+/m0/s1. The highest BCUT2D eigenvalue weighted by molar-refractivity contribution is 5.85. The summed E-state index contributed by atoms with van der Waals surface area (Å²) in [4.78, 5) is 13.6. The summed E-state index contributed by atoms with van der Waals surface area (Å²) in [7, 11) is 0. The van der Waals surface area contributed by atoms with E-state index in [1.807, 2.05) is 121 Å². The fourth-order valence-electron chi connectivity index (χ4n) is 4.12. The van der Waals surface area contributed by atoms with Crippen LogP contribution in [0.3, 0.4) is 0 Å². The third-order valence-electron chi connectivity index (χ3n) is 6.23. The Hall–Kier alpha value is -4.12. The summed E-state index contributed by atoms with van der Waals surface area (Å²) in [6, 6.07) is 40.5. The molecule has 204 valence electrons. The minimum atomic E-state index is -1.10. The van der Waals surface area contributed by atoms with Crippen LogP contribution in [0, 0.1) is 11.3 Å². The van der Waals surface area contributed by atoms with E-state index < -0.39 is 18.3 Å². The lowest BCUT2D eigenvalue weighted by atomic mass is 10.0. The predicted molar refractivity (Wildman–Crippen MR) is 152 cm³/mol. The van der Waals surface area contributed by atoms with E-state index >= 15 is 0 Å². The van der Waals surface area contributed by atoms with E-state index in [4.69, 9.17) is 18.9 Å². The molecule has 0 aliphatic heterocycles. The van der Waals surface area contributed by atoms with Crippen molar-refractivity contribution in [1.29, 1.82) is 5.26 Å². The number of hydrogen-bond donors (Lipinski definition) is 0. The maximum Gasteiger partial charge on any atom is 0.189 e. The predicted octanol–water partition coefficient (Wildman–Crippen LogP) is 6.05. The summed E-state index contributed by atoms with van der Waals surface area (Å²) in [6.07, 6.45) is -3.16. The van der Waals surface area contributed by atoms with E-state index in [1.54, 1.807) is 0 Å². The van der Waals surface area contributed by atoms with Gasteiger partial charge >= 0.3 is 0 Å². The average molecular weight is 536 g/mol. The first-order chi connectivity index (χ1) is 19.7. The first-order valence-electron chi connectivity index (χ1n) is 13.2. The van der Waals surface area contributed by atoms with Crippen LogP contribution in [0.2, 0.25) is 0 Å². The van der Waals surface area contributed by atoms with Crippen LogP contribution in [-0.2, 0) is 50.2 Å². The van der Waals surface area contributed by atoms with Crippen molar-refractivity contribution in [1.82, 2.24) is 0 Å². The first kappa shape index (κ1) is 28.9. The van der Waals surface area contributed by atoms with E-state index in [1.165, 1.54) is 0 Å². The highest BCUT2D eigenvalue weighted by atomic mass is 16.6. The Morgan fingerprint density at radius 3 is 1.43 bits per heavy atom. The number of ketones is 1. The number of carbonyl (C=O) groups excluding carboxylic acids is 1. The molecule has 0 aromatic heterocycles. The number of ether oxygens (including phenoxy) is 4. The smallest absolute Gasteiger partial charge is 0.189 e. The monoisotopic (exact) mass is 535 g/mol. The fraction of sp³-hybridized carbons (Fsp3) is 0.235. The molecule has 4 aromatic rings. The molecule has 0 bridgehead atoms. The van der Waals surface area contributed by atoms with E-state index in [9.17, 15) is 10.1 Å². The Bertz CT molecular complexity index is 1310. The number of nitrogens with zero attached hydrogens (tertiary/aromatic N) is 1. The van der Waals surface area contributed by atoms with Crippen molar-refractivity contribution < 1.29 is 23.7 Å². The summed E-state index contributed by atoms with van der Waals surface area (Å²) >= 11 is 0. The van der Waals surface area contributed by atoms with Crippen LogP contribution in [0.15, 0.2) is 121 Å². The quantitative estimate of drug-likeness (QED) is 0.174. The molecule has 4 rings (SSSR count). The molecule has 0 spiro atoms. The van der Waals surface area contributed by atoms with Crippen molar-refractivity contribution >= 4 is 5.78 Å². The molecule has 0 radical (unpaired) electrons. The zero-order valence-electron chi connectivity index (χ0n) is 22.3.